The number of carboxylic acid groups (broad SMARTS) is 1. The molecule has 0 spiro atoms. The number of nitrogens with zero attached hydrogens (tertiary/aromatic N) is 1. The SMILES string of the molecule is CC(CNC(=O)N[C@@H](C(=O)O)C(C)C)c1nccs1. The van der Waals surface area contributed by atoms with Gasteiger partial charge in [-0.2, -0.15) is 0 Å². The van der Waals surface area contributed by atoms with Gasteiger partial charge in [0.15, 0.2) is 0 Å². The van der Waals surface area contributed by atoms with Gasteiger partial charge < -0.3 is 15.7 Å². The first kappa shape index (κ1) is 15.4. The molecule has 0 radical (unpaired) electrons. The van der Waals surface area contributed by atoms with Crippen molar-refractivity contribution in [2.75, 3.05) is 6.54 Å². The molecule has 1 unspecified atom stereocenters. The van der Waals surface area contributed by atoms with Crippen molar-refractivity contribution in [1.82, 2.24) is 15.6 Å². The second-order valence-corrected chi connectivity index (χ2v) is 5.61. The maximum atomic E-state index is 11.6. The summed E-state index contributed by atoms with van der Waals surface area (Å²) in [6.45, 7) is 5.87. The number of thiazole rings is 1. The van der Waals surface area contributed by atoms with Crippen molar-refractivity contribution >= 4 is 23.3 Å². The zero-order valence-corrected chi connectivity index (χ0v) is 12.0. The number of aromatic nitrogens is 1. The van der Waals surface area contributed by atoms with E-state index in [2.05, 4.69) is 15.6 Å². The van der Waals surface area contributed by atoms with E-state index in [1.165, 1.54) is 11.3 Å². The summed E-state index contributed by atoms with van der Waals surface area (Å²) in [6, 6.07) is -1.35. The van der Waals surface area contributed by atoms with E-state index in [9.17, 15) is 9.59 Å². The molecule has 0 aliphatic carbocycles. The third kappa shape index (κ3) is 4.86. The molecule has 0 aliphatic heterocycles. The van der Waals surface area contributed by atoms with Crippen molar-refractivity contribution in [3.8, 4) is 0 Å². The van der Waals surface area contributed by atoms with Crippen LogP contribution in [0.15, 0.2) is 11.6 Å². The zero-order valence-electron chi connectivity index (χ0n) is 11.2. The van der Waals surface area contributed by atoms with Crippen LogP contribution in [0.1, 0.15) is 31.7 Å². The Morgan fingerprint density at radius 3 is 2.58 bits per heavy atom. The number of carboxylic acids is 1. The van der Waals surface area contributed by atoms with E-state index >= 15 is 0 Å². The lowest BCUT2D eigenvalue weighted by atomic mass is 10.1. The van der Waals surface area contributed by atoms with E-state index in [1.54, 1.807) is 20.0 Å². The zero-order chi connectivity index (χ0) is 14.4. The number of hydrogen-bond donors (Lipinski definition) is 3. The highest BCUT2D eigenvalue weighted by Gasteiger charge is 2.23. The van der Waals surface area contributed by atoms with Crippen LogP contribution in [-0.2, 0) is 4.79 Å². The summed E-state index contributed by atoms with van der Waals surface area (Å²) in [7, 11) is 0. The average Bonchev–Trinajstić information content (AvgIpc) is 2.85. The number of nitrogens with one attached hydrogen (secondary N) is 2. The molecule has 1 aromatic heterocycles. The molecular weight excluding hydrogens is 266 g/mol. The maximum absolute atomic E-state index is 11.6. The van der Waals surface area contributed by atoms with Crippen LogP contribution < -0.4 is 10.6 Å². The summed E-state index contributed by atoms with van der Waals surface area (Å²) >= 11 is 1.53. The molecule has 0 saturated carbocycles. The lowest BCUT2D eigenvalue weighted by Crippen LogP contribution is -2.49. The quantitative estimate of drug-likeness (QED) is 0.741. The number of hydrogen-bond acceptors (Lipinski definition) is 4. The fourth-order valence-corrected chi connectivity index (χ4v) is 2.22. The standard InChI is InChI=1S/C12H19N3O3S/c1-7(2)9(11(16)17)15-12(18)14-6-8(3)10-13-4-5-19-10/h4-5,7-9H,6H2,1-3H3,(H,16,17)(H2,14,15,18)/t8?,9-/m1/s1. The fourth-order valence-electron chi connectivity index (χ4n) is 1.52. The monoisotopic (exact) mass is 285 g/mol. The Labute approximate surface area is 116 Å². The molecule has 1 aromatic rings. The normalized spacial score (nSPS) is 13.9. The highest BCUT2D eigenvalue weighted by Crippen LogP contribution is 2.16. The molecule has 1 heterocycles. The van der Waals surface area contributed by atoms with Gasteiger partial charge in [-0.05, 0) is 5.92 Å². The Balaban J connectivity index is 2.41. The second-order valence-electron chi connectivity index (χ2n) is 4.69. The van der Waals surface area contributed by atoms with E-state index in [-0.39, 0.29) is 11.8 Å². The molecule has 2 amide bonds. The molecule has 106 valence electrons. The third-order valence-electron chi connectivity index (χ3n) is 2.66. The van der Waals surface area contributed by atoms with E-state index in [1.807, 2.05) is 12.3 Å². The number of amides is 2. The molecule has 0 saturated heterocycles. The first-order chi connectivity index (χ1) is 8.91. The van der Waals surface area contributed by atoms with Gasteiger partial charge in [-0.1, -0.05) is 20.8 Å². The molecule has 1 rings (SSSR count). The molecule has 0 aliphatic rings. The molecule has 2 atom stereocenters. The third-order valence-corrected chi connectivity index (χ3v) is 3.67. The molecule has 6 nitrogen and oxygen atoms in total. The lowest BCUT2D eigenvalue weighted by Gasteiger charge is -2.19. The first-order valence-electron chi connectivity index (χ1n) is 6.08. The number of rotatable bonds is 6. The topological polar surface area (TPSA) is 91.3 Å². The minimum absolute atomic E-state index is 0.105. The molecule has 0 bridgehead atoms. The van der Waals surface area contributed by atoms with E-state index in [0.29, 0.717) is 6.54 Å². The molecule has 3 N–H and O–H groups in total. The smallest absolute Gasteiger partial charge is 0.326 e. The maximum Gasteiger partial charge on any atom is 0.326 e. The van der Waals surface area contributed by atoms with Crippen LogP contribution in [0.5, 0.6) is 0 Å². The molecule has 0 fully saturated rings. The molecule has 19 heavy (non-hydrogen) atoms. The van der Waals surface area contributed by atoms with Gasteiger partial charge in [0.05, 0.1) is 5.01 Å². The summed E-state index contributed by atoms with van der Waals surface area (Å²) in [5.41, 5.74) is 0. The van der Waals surface area contributed by atoms with Crippen LogP contribution in [-0.4, -0.2) is 34.7 Å². The Bertz CT molecular complexity index is 420. The second kappa shape index (κ2) is 7.08. The van der Waals surface area contributed by atoms with Crippen LogP contribution in [0.25, 0.3) is 0 Å². The summed E-state index contributed by atoms with van der Waals surface area (Å²) in [5.74, 6) is -1.09. The largest absolute Gasteiger partial charge is 0.480 e. The highest BCUT2D eigenvalue weighted by molar-refractivity contribution is 7.09. The number of urea groups is 1. The van der Waals surface area contributed by atoms with Crippen molar-refractivity contribution in [1.29, 1.82) is 0 Å². The minimum atomic E-state index is -1.03. The molecule has 7 heteroatoms. The lowest BCUT2D eigenvalue weighted by molar-refractivity contribution is -0.140. The van der Waals surface area contributed by atoms with Gasteiger partial charge in [0, 0.05) is 24.0 Å². The van der Waals surface area contributed by atoms with Crippen LogP contribution in [0.3, 0.4) is 0 Å². The van der Waals surface area contributed by atoms with Gasteiger partial charge >= 0.3 is 12.0 Å². The summed E-state index contributed by atoms with van der Waals surface area (Å²) in [6.07, 6.45) is 1.72. The Morgan fingerprint density at radius 2 is 2.11 bits per heavy atom. The van der Waals surface area contributed by atoms with E-state index in [0.717, 1.165) is 5.01 Å². The Hall–Kier alpha value is -1.63. The number of carbonyl (C=O) groups is 2. The minimum Gasteiger partial charge on any atom is -0.480 e. The van der Waals surface area contributed by atoms with Crippen LogP contribution >= 0.6 is 11.3 Å². The van der Waals surface area contributed by atoms with Crippen molar-refractivity contribution in [2.45, 2.75) is 32.7 Å². The number of carbonyl (C=O) groups excluding carboxylic acids is 1. The van der Waals surface area contributed by atoms with Gasteiger partial charge in [0.2, 0.25) is 0 Å². The molecule has 0 aromatic carbocycles. The van der Waals surface area contributed by atoms with Gasteiger partial charge in [-0.15, -0.1) is 11.3 Å². The summed E-state index contributed by atoms with van der Waals surface area (Å²) in [5, 5.41) is 16.9. The Morgan fingerprint density at radius 1 is 1.42 bits per heavy atom. The van der Waals surface area contributed by atoms with Gasteiger partial charge in [0.1, 0.15) is 6.04 Å². The van der Waals surface area contributed by atoms with Crippen LogP contribution in [0, 0.1) is 5.92 Å². The first-order valence-corrected chi connectivity index (χ1v) is 6.96. The van der Waals surface area contributed by atoms with Gasteiger partial charge in [0.25, 0.3) is 0 Å². The predicted molar refractivity (Wildman–Crippen MR) is 73.3 cm³/mol. The highest BCUT2D eigenvalue weighted by atomic mass is 32.1. The van der Waals surface area contributed by atoms with E-state index in [4.69, 9.17) is 5.11 Å². The van der Waals surface area contributed by atoms with Crippen molar-refractivity contribution in [2.24, 2.45) is 5.92 Å². The van der Waals surface area contributed by atoms with Crippen molar-refractivity contribution in [3.05, 3.63) is 16.6 Å². The van der Waals surface area contributed by atoms with E-state index < -0.39 is 18.0 Å². The van der Waals surface area contributed by atoms with Crippen molar-refractivity contribution < 1.29 is 14.7 Å². The van der Waals surface area contributed by atoms with Crippen LogP contribution in [0.4, 0.5) is 4.79 Å². The molecular formula is C12H19N3O3S. The van der Waals surface area contributed by atoms with Crippen LogP contribution in [0.2, 0.25) is 0 Å². The fraction of sp³-hybridized carbons (Fsp3) is 0.583. The number of aliphatic carboxylic acids is 1. The van der Waals surface area contributed by atoms with Crippen molar-refractivity contribution in [3.63, 3.8) is 0 Å². The van der Waals surface area contributed by atoms with Gasteiger partial charge in [-0.3, -0.25) is 0 Å². The Kier molecular flexibility index (Phi) is 5.75. The van der Waals surface area contributed by atoms with Gasteiger partial charge in [-0.25, -0.2) is 14.6 Å². The summed E-state index contributed by atoms with van der Waals surface area (Å²) in [4.78, 5) is 26.7. The predicted octanol–water partition coefficient (Wildman–Crippen LogP) is 1.65. The summed E-state index contributed by atoms with van der Waals surface area (Å²) < 4.78 is 0. The average molecular weight is 285 g/mol.